The number of methoxy groups -OCH3 is 1. The van der Waals surface area contributed by atoms with Crippen LogP contribution in [0, 0.1) is 5.92 Å². The Morgan fingerprint density at radius 1 is 1.07 bits per heavy atom. The first-order valence-corrected chi connectivity index (χ1v) is 9.96. The first kappa shape index (κ1) is 23.2. The van der Waals surface area contributed by atoms with E-state index in [1.165, 1.54) is 5.56 Å². The smallest absolute Gasteiger partial charge is 0.191 e. The lowest BCUT2D eigenvalue weighted by molar-refractivity contribution is 0.0702. The third-order valence-corrected chi connectivity index (χ3v) is 3.71. The van der Waals surface area contributed by atoms with Crippen LogP contribution in [0.4, 0.5) is 0 Å². The number of ether oxygens (including phenoxy) is 3. The predicted molar refractivity (Wildman–Crippen MR) is 112 cm³/mol. The van der Waals surface area contributed by atoms with Crippen molar-refractivity contribution in [2.45, 2.75) is 33.6 Å². The summed E-state index contributed by atoms with van der Waals surface area (Å²) in [5.74, 6) is 2.32. The molecule has 0 fully saturated rings. The summed E-state index contributed by atoms with van der Waals surface area (Å²) in [6.45, 7) is 11.5. The summed E-state index contributed by atoms with van der Waals surface area (Å²) >= 11 is 0. The van der Waals surface area contributed by atoms with Gasteiger partial charge in [0.05, 0.1) is 19.8 Å². The number of nitrogens with zero attached hydrogens (tertiary/aromatic N) is 1. The van der Waals surface area contributed by atoms with E-state index in [9.17, 15) is 0 Å². The highest BCUT2D eigenvalue weighted by molar-refractivity contribution is 5.79. The number of aliphatic imine (C=N–C) groups is 1. The van der Waals surface area contributed by atoms with E-state index in [1.807, 2.05) is 12.1 Å². The normalized spacial score (nSPS) is 11.7. The van der Waals surface area contributed by atoms with Crippen LogP contribution in [-0.4, -0.2) is 59.1 Å². The molecule has 0 amide bonds. The molecule has 0 bridgehead atoms. The number of hydrogen-bond acceptors (Lipinski definition) is 4. The number of nitrogens with one attached hydrogen (secondary N) is 2. The Hall–Kier alpha value is -1.79. The van der Waals surface area contributed by atoms with Gasteiger partial charge < -0.3 is 24.8 Å². The molecule has 0 saturated heterocycles. The molecule has 0 spiro atoms. The molecule has 0 aliphatic rings. The molecule has 0 radical (unpaired) electrons. The van der Waals surface area contributed by atoms with Crippen LogP contribution in [0.15, 0.2) is 29.3 Å². The SMILES string of the molecule is CCNC(=NCCCOCCOC)NCCc1ccc(OCC(C)C)cc1. The molecular formula is C21H37N3O3. The van der Waals surface area contributed by atoms with Gasteiger partial charge in [-0.3, -0.25) is 4.99 Å². The highest BCUT2D eigenvalue weighted by Crippen LogP contribution is 2.13. The van der Waals surface area contributed by atoms with Crippen molar-refractivity contribution in [1.29, 1.82) is 0 Å². The van der Waals surface area contributed by atoms with Crippen LogP contribution in [0.3, 0.4) is 0 Å². The molecule has 0 unspecified atom stereocenters. The van der Waals surface area contributed by atoms with Gasteiger partial charge in [0, 0.05) is 33.4 Å². The second-order valence-corrected chi connectivity index (χ2v) is 6.74. The van der Waals surface area contributed by atoms with E-state index in [4.69, 9.17) is 14.2 Å². The molecule has 27 heavy (non-hydrogen) atoms. The third kappa shape index (κ3) is 12.3. The van der Waals surface area contributed by atoms with Gasteiger partial charge in [-0.2, -0.15) is 0 Å². The molecule has 0 aliphatic carbocycles. The van der Waals surface area contributed by atoms with Gasteiger partial charge in [-0.25, -0.2) is 0 Å². The molecule has 6 heteroatoms. The van der Waals surface area contributed by atoms with Crippen molar-refractivity contribution >= 4 is 5.96 Å². The van der Waals surface area contributed by atoms with Gasteiger partial charge in [0.25, 0.3) is 0 Å². The first-order chi connectivity index (χ1) is 13.2. The fraction of sp³-hybridized carbons (Fsp3) is 0.667. The predicted octanol–water partition coefficient (Wildman–Crippen LogP) is 2.87. The minimum atomic E-state index is 0.537. The molecule has 1 aromatic rings. The van der Waals surface area contributed by atoms with Crippen LogP contribution in [0.5, 0.6) is 5.75 Å². The largest absolute Gasteiger partial charge is 0.493 e. The second kappa shape index (κ2) is 15.3. The molecule has 0 aliphatic heterocycles. The Bertz CT molecular complexity index is 504. The number of hydrogen-bond donors (Lipinski definition) is 2. The van der Waals surface area contributed by atoms with Gasteiger partial charge in [0.2, 0.25) is 0 Å². The van der Waals surface area contributed by atoms with Crippen LogP contribution >= 0.6 is 0 Å². The Kier molecular flexibility index (Phi) is 13.2. The van der Waals surface area contributed by atoms with Gasteiger partial charge in [0.15, 0.2) is 5.96 Å². The first-order valence-electron chi connectivity index (χ1n) is 9.96. The maximum atomic E-state index is 5.72. The van der Waals surface area contributed by atoms with Crippen molar-refractivity contribution < 1.29 is 14.2 Å². The molecule has 1 aromatic carbocycles. The average Bonchev–Trinajstić information content (AvgIpc) is 2.66. The third-order valence-electron chi connectivity index (χ3n) is 3.71. The van der Waals surface area contributed by atoms with Crippen LogP contribution in [0.25, 0.3) is 0 Å². The van der Waals surface area contributed by atoms with Crippen molar-refractivity contribution in [2.24, 2.45) is 10.9 Å². The number of benzene rings is 1. The van der Waals surface area contributed by atoms with Crippen LogP contribution in [0.2, 0.25) is 0 Å². The van der Waals surface area contributed by atoms with Crippen molar-refractivity contribution in [1.82, 2.24) is 10.6 Å². The second-order valence-electron chi connectivity index (χ2n) is 6.74. The minimum Gasteiger partial charge on any atom is -0.493 e. The van der Waals surface area contributed by atoms with Gasteiger partial charge >= 0.3 is 0 Å². The molecule has 1 rings (SSSR count). The van der Waals surface area contributed by atoms with E-state index in [0.29, 0.717) is 25.7 Å². The van der Waals surface area contributed by atoms with E-state index in [0.717, 1.165) is 50.8 Å². The topological polar surface area (TPSA) is 64.1 Å². The summed E-state index contributed by atoms with van der Waals surface area (Å²) in [6, 6.07) is 8.33. The Balaban J connectivity index is 2.27. The lowest BCUT2D eigenvalue weighted by Crippen LogP contribution is -2.38. The highest BCUT2D eigenvalue weighted by atomic mass is 16.5. The van der Waals surface area contributed by atoms with Crippen LogP contribution < -0.4 is 15.4 Å². The summed E-state index contributed by atoms with van der Waals surface area (Å²) in [4.78, 5) is 4.58. The Morgan fingerprint density at radius 3 is 2.52 bits per heavy atom. The van der Waals surface area contributed by atoms with E-state index >= 15 is 0 Å². The summed E-state index contributed by atoms with van der Waals surface area (Å²) in [5, 5.41) is 6.66. The minimum absolute atomic E-state index is 0.537. The van der Waals surface area contributed by atoms with Crippen LogP contribution in [0.1, 0.15) is 32.8 Å². The lowest BCUT2D eigenvalue weighted by Gasteiger charge is -2.12. The summed E-state index contributed by atoms with van der Waals surface area (Å²) in [7, 11) is 1.68. The molecule has 154 valence electrons. The average molecular weight is 380 g/mol. The lowest BCUT2D eigenvalue weighted by atomic mass is 10.1. The van der Waals surface area contributed by atoms with Gasteiger partial charge in [-0.05, 0) is 43.4 Å². The fourth-order valence-electron chi connectivity index (χ4n) is 2.28. The molecular weight excluding hydrogens is 342 g/mol. The van der Waals surface area contributed by atoms with E-state index in [-0.39, 0.29) is 0 Å². The molecule has 0 atom stereocenters. The highest BCUT2D eigenvalue weighted by Gasteiger charge is 2.00. The number of guanidine groups is 1. The maximum absolute atomic E-state index is 5.72. The van der Waals surface area contributed by atoms with E-state index in [1.54, 1.807) is 7.11 Å². The summed E-state index contributed by atoms with van der Waals surface area (Å²) in [5.41, 5.74) is 1.28. The molecule has 0 aromatic heterocycles. The fourth-order valence-corrected chi connectivity index (χ4v) is 2.28. The van der Waals surface area contributed by atoms with Crippen LogP contribution in [-0.2, 0) is 15.9 Å². The van der Waals surface area contributed by atoms with Gasteiger partial charge in [-0.1, -0.05) is 26.0 Å². The van der Waals surface area contributed by atoms with E-state index < -0.39 is 0 Å². The maximum Gasteiger partial charge on any atom is 0.191 e. The number of rotatable bonds is 14. The Labute approximate surface area is 164 Å². The van der Waals surface area contributed by atoms with Crippen molar-refractivity contribution in [2.75, 3.05) is 53.2 Å². The monoisotopic (exact) mass is 379 g/mol. The zero-order valence-corrected chi connectivity index (χ0v) is 17.4. The molecule has 2 N–H and O–H groups in total. The van der Waals surface area contributed by atoms with Crippen molar-refractivity contribution in [3.8, 4) is 5.75 Å². The quantitative estimate of drug-likeness (QED) is 0.296. The standard InChI is InChI=1S/C21H37N3O3/c1-5-22-21(23-12-6-14-26-16-15-25-4)24-13-11-19-7-9-20(10-8-19)27-17-18(2)3/h7-10,18H,5-6,11-17H2,1-4H3,(H2,22,23,24). The zero-order valence-electron chi connectivity index (χ0n) is 17.4. The molecule has 6 nitrogen and oxygen atoms in total. The molecule has 0 saturated carbocycles. The van der Waals surface area contributed by atoms with Crippen molar-refractivity contribution in [3.05, 3.63) is 29.8 Å². The molecule has 0 heterocycles. The Morgan fingerprint density at radius 2 is 1.85 bits per heavy atom. The summed E-state index contributed by atoms with van der Waals surface area (Å²) < 4.78 is 16.1. The van der Waals surface area contributed by atoms with Gasteiger partial charge in [0.1, 0.15) is 5.75 Å². The van der Waals surface area contributed by atoms with Gasteiger partial charge in [-0.15, -0.1) is 0 Å². The summed E-state index contributed by atoms with van der Waals surface area (Å²) in [6.07, 6.45) is 1.84. The van der Waals surface area contributed by atoms with Crippen molar-refractivity contribution in [3.63, 3.8) is 0 Å². The van der Waals surface area contributed by atoms with E-state index in [2.05, 4.69) is 48.5 Å². The zero-order chi connectivity index (χ0) is 19.7.